The summed E-state index contributed by atoms with van der Waals surface area (Å²) in [5.41, 5.74) is 2.07. The molecule has 2 aromatic carbocycles. The molecule has 0 spiro atoms. The van der Waals surface area contributed by atoms with Gasteiger partial charge >= 0.3 is 0 Å². The van der Waals surface area contributed by atoms with E-state index < -0.39 is 17.5 Å². The predicted molar refractivity (Wildman–Crippen MR) is 92.3 cm³/mol. The molecule has 0 bridgehead atoms. The fraction of sp³-hybridized carbons (Fsp3) is 0.0526. The van der Waals surface area contributed by atoms with Gasteiger partial charge in [-0.15, -0.1) is 0 Å². The number of aromatic nitrogens is 1. The SMILES string of the molecule is O=C(Nc1ccc(NCc2ccccn2)cc1)c1ccc(F)cc1F. The molecule has 1 heterocycles. The molecule has 1 aromatic heterocycles. The average Bonchev–Trinajstić information content (AvgIpc) is 2.62. The maximum atomic E-state index is 13.6. The molecule has 0 aliphatic heterocycles. The Balaban J connectivity index is 1.61. The summed E-state index contributed by atoms with van der Waals surface area (Å²) >= 11 is 0. The summed E-state index contributed by atoms with van der Waals surface area (Å²) in [5, 5.41) is 5.79. The van der Waals surface area contributed by atoms with E-state index in [2.05, 4.69) is 15.6 Å². The van der Waals surface area contributed by atoms with Crippen LogP contribution in [-0.4, -0.2) is 10.9 Å². The summed E-state index contributed by atoms with van der Waals surface area (Å²) in [7, 11) is 0. The van der Waals surface area contributed by atoms with E-state index in [1.54, 1.807) is 30.5 Å². The standard InChI is InChI=1S/C19H15F2N3O/c20-13-4-9-17(18(21)11-13)19(25)24-15-7-5-14(6-8-15)23-12-16-3-1-2-10-22-16/h1-11,23H,12H2,(H,24,25). The summed E-state index contributed by atoms with van der Waals surface area (Å²) < 4.78 is 26.5. The molecule has 6 heteroatoms. The van der Waals surface area contributed by atoms with E-state index in [9.17, 15) is 13.6 Å². The highest BCUT2D eigenvalue weighted by Gasteiger charge is 2.12. The van der Waals surface area contributed by atoms with E-state index in [1.807, 2.05) is 18.2 Å². The van der Waals surface area contributed by atoms with Crippen molar-refractivity contribution >= 4 is 17.3 Å². The average molecular weight is 339 g/mol. The Morgan fingerprint density at radius 1 is 0.960 bits per heavy atom. The number of benzene rings is 2. The van der Waals surface area contributed by atoms with Crippen molar-refractivity contribution in [2.24, 2.45) is 0 Å². The number of pyridine rings is 1. The van der Waals surface area contributed by atoms with Gasteiger partial charge in [-0.25, -0.2) is 8.78 Å². The Morgan fingerprint density at radius 3 is 2.40 bits per heavy atom. The first kappa shape index (κ1) is 16.6. The lowest BCUT2D eigenvalue weighted by atomic mass is 10.2. The molecule has 0 saturated carbocycles. The first-order valence-electron chi connectivity index (χ1n) is 7.62. The van der Waals surface area contributed by atoms with Crippen molar-refractivity contribution in [3.05, 3.63) is 89.8 Å². The van der Waals surface area contributed by atoms with Gasteiger partial charge in [-0.05, 0) is 48.5 Å². The molecule has 0 radical (unpaired) electrons. The van der Waals surface area contributed by atoms with Crippen LogP contribution in [0.1, 0.15) is 16.1 Å². The third-order valence-electron chi connectivity index (χ3n) is 3.52. The third-order valence-corrected chi connectivity index (χ3v) is 3.52. The molecule has 0 atom stereocenters. The van der Waals surface area contributed by atoms with Gasteiger partial charge in [0.15, 0.2) is 0 Å². The zero-order chi connectivity index (χ0) is 17.6. The van der Waals surface area contributed by atoms with Crippen LogP contribution in [0.3, 0.4) is 0 Å². The number of nitrogens with one attached hydrogen (secondary N) is 2. The maximum absolute atomic E-state index is 13.6. The molecular formula is C19H15F2N3O. The van der Waals surface area contributed by atoms with Gasteiger partial charge < -0.3 is 10.6 Å². The molecule has 0 saturated heterocycles. The minimum atomic E-state index is -0.897. The fourth-order valence-electron chi connectivity index (χ4n) is 2.24. The van der Waals surface area contributed by atoms with Crippen LogP contribution in [-0.2, 0) is 6.54 Å². The van der Waals surface area contributed by atoms with E-state index in [-0.39, 0.29) is 5.56 Å². The summed E-state index contributed by atoms with van der Waals surface area (Å²) in [5.74, 6) is -2.25. The number of hydrogen-bond acceptors (Lipinski definition) is 3. The predicted octanol–water partition coefficient (Wildman–Crippen LogP) is 4.22. The Bertz CT molecular complexity index is 868. The number of carbonyl (C=O) groups excluding carboxylic acids is 1. The molecular weight excluding hydrogens is 324 g/mol. The van der Waals surface area contributed by atoms with E-state index in [4.69, 9.17) is 0 Å². The van der Waals surface area contributed by atoms with Crippen molar-refractivity contribution in [2.75, 3.05) is 10.6 Å². The van der Waals surface area contributed by atoms with Crippen LogP contribution >= 0.6 is 0 Å². The fourth-order valence-corrected chi connectivity index (χ4v) is 2.24. The van der Waals surface area contributed by atoms with Gasteiger partial charge in [0, 0.05) is 23.6 Å². The molecule has 2 N–H and O–H groups in total. The van der Waals surface area contributed by atoms with Gasteiger partial charge in [0.2, 0.25) is 0 Å². The largest absolute Gasteiger partial charge is 0.379 e. The Labute approximate surface area is 143 Å². The van der Waals surface area contributed by atoms with Crippen molar-refractivity contribution in [2.45, 2.75) is 6.54 Å². The van der Waals surface area contributed by atoms with Crippen molar-refractivity contribution in [3.63, 3.8) is 0 Å². The minimum Gasteiger partial charge on any atom is -0.379 e. The van der Waals surface area contributed by atoms with Crippen LogP contribution < -0.4 is 10.6 Å². The Hall–Kier alpha value is -3.28. The Morgan fingerprint density at radius 2 is 1.72 bits per heavy atom. The number of nitrogens with zero attached hydrogens (tertiary/aromatic N) is 1. The van der Waals surface area contributed by atoms with Crippen molar-refractivity contribution in [3.8, 4) is 0 Å². The molecule has 4 nitrogen and oxygen atoms in total. The number of carbonyl (C=O) groups is 1. The molecule has 0 unspecified atom stereocenters. The highest BCUT2D eigenvalue weighted by atomic mass is 19.1. The summed E-state index contributed by atoms with van der Waals surface area (Å²) in [6.45, 7) is 0.577. The number of halogens is 2. The van der Waals surface area contributed by atoms with E-state index in [1.165, 1.54) is 0 Å². The van der Waals surface area contributed by atoms with Gasteiger partial charge in [0.1, 0.15) is 11.6 Å². The van der Waals surface area contributed by atoms with Crippen LogP contribution in [0, 0.1) is 11.6 Å². The second-order valence-electron chi connectivity index (χ2n) is 5.33. The highest BCUT2D eigenvalue weighted by molar-refractivity contribution is 6.04. The first-order chi connectivity index (χ1) is 12.1. The van der Waals surface area contributed by atoms with Gasteiger partial charge in [-0.2, -0.15) is 0 Å². The summed E-state index contributed by atoms with van der Waals surface area (Å²) in [6.07, 6.45) is 1.73. The number of rotatable bonds is 5. The number of hydrogen-bond donors (Lipinski definition) is 2. The number of amides is 1. The van der Waals surface area contributed by atoms with Crippen LogP contribution in [0.2, 0.25) is 0 Å². The molecule has 25 heavy (non-hydrogen) atoms. The normalized spacial score (nSPS) is 10.3. The van der Waals surface area contributed by atoms with Crippen LogP contribution in [0.5, 0.6) is 0 Å². The van der Waals surface area contributed by atoms with Crippen LogP contribution in [0.4, 0.5) is 20.2 Å². The highest BCUT2D eigenvalue weighted by Crippen LogP contribution is 2.16. The molecule has 0 fully saturated rings. The minimum absolute atomic E-state index is 0.209. The monoisotopic (exact) mass is 339 g/mol. The van der Waals surface area contributed by atoms with Gasteiger partial charge in [-0.3, -0.25) is 9.78 Å². The van der Waals surface area contributed by atoms with E-state index >= 15 is 0 Å². The maximum Gasteiger partial charge on any atom is 0.258 e. The van der Waals surface area contributed by atoms with Crippen LogP contribution in [0.25, 0.3) is 0 Å². The van der Waals surface area contributed by atoms with Gasteiger partial charge in [0.25, 0.3) is 5.91 Å². The van der Waals surface area contributed by atoms with Crippen molar-refractivity contribution in [1.29, 1.82) is 0 Å². The molecule has 0 aliphatic rings. The summed E-state index contributed by atoms with van der Waals surface area (Å²) in [6, 6.07) is 15.5. The lowest BCUT2D eigenvalue weighted by Crippen LogP contribution is -2.14. The second-order valence-corrected chi connectivity index (χ2v) is 5.33. The molecule has 3 rings (SSSR count). The number of anilines is 2. The third kappa shape index (κ3) is 4.38. The van der Waals surface area contributed by atoms with Gasteiger partial charge in [-0.1, -0.05) is 6.07 Å². The van der Waals surface area contributed by atoms with Crippen molar-refractivity contribution in [1.82, 2.24) is 4.98 Å². The van der Waals surface area contributed by atoms with Crippen molar-refractivity contribution < 1.29 is 13.6 Å². The second kappa shape index (κ2) is 7.53. The molecule has 3 aromatic rings. The first-order valence-corrected chi connectivity index (χ1v) is 7.62. The lowest BCUT2D eigenvalue weighted by Gasteiger charge is -2.09. The Kier molecular flexibility index (Phi) is 4.99. The lowest BCUT2D eigenvalue weighted by molar-refractivity contribution is 0.102. The zero-order valence-electron chi connectivity index (χ0n) is 13.2. The summed E-state index contributed by atoms with van der Waals surface area (Å²) in [4.78, 5) is 16.3. The smallest absolute Gasteiger partial charge is 0.258 e. The topological polar surface area (TPSA) is 54.0 Å². The zero-order valence-corrected chi connectivity index (χ0v) is 13.2. The molecule has 1 amide bonds. The molecule has 0 aliphatic carbocycles. The quantitative estimate of drug-likeness (QED) is 0.732. The molecule has 126 valence electrons. The van der Waals surface area contributed by atoms with E-state index in [0.717, 1.165) is 23.5 Å². The van der Waals surface area contributed by atoms with Gasteiger partial charge in [0.05, 0.1) is 17.8 Å². The van der Waals surface area contributed by atoms with Crippen LogP contribution in [0.15, 0.2) is 66.9 Å². The van der Waals surface area contributed by atoms with E-state index in [0.29, 0.717) is 18.3 Å².